The summed E-state index contributed by atoms with van der Waals surface area (Å²) in [7, 11) is 2.03. The van der Waals surface area contributed by atoms with Crippen molar-refractivity contribution in [3.05, 3.63) is 83.5 Å². The fraction of sp³-hybridized carbons (Fsp3) is 0.360. The summed E-state index contributed by atoms with van der Waals surface area (Å²) >= 11 is 0. The molecule has 0 saturated carbocycles. The molecular formula is C25H28N2O2. The van der Waals surface area contributed by atoms with Gasteiger partial charge < -0.3 is 9.47 Å². The molecule has 1 fully saturated rings. The first kappa shape index (κ1) is 21.0. The summed E-state index contributed by atoms with van der Waals surface area (Å²) in [6.45, 7) is 9.65. The standard InChI is InChI=1S/C25H28N2O2/c1-3-15-26(2)25(14-9-22-7-5-4-6-8-22)23-10-12-24(13-11-23)29-21-18-27-16-19-28-20-17-27/h3-8,10,12,25H,1,15-21H2,2H3. The number of hydrogen-bond donors (Lipinski definition) is 0. The molecule has 29 heavy (non-hydrogen) atoms. The summed E-state index contributed by atoms with van der Waals surface area (Å²) < 4.78 is 11.2. The van der Waals surface area contributed by atoms with Gasteiger partial charge in [-0.15, -0.1) is 6.58 Å². The maximum atomic E-state index is 5.85. The minimum atomic E-state index is -0.0909. The number of likely N-dealkylation sites (N-methyl/N-ethyl adjacent to an activating group) is 1. The number of rotatable bonds is 8. The van der Waals surface area contributed by atoms with Crippen molar-refractivity contribution < 1.29 is 9.47 Å². The summed E-state index contributed by atoms with van der Waals surface area (Å²) in [4.78, 5) is 4.49. The van der Waals surface area contributed by atoms with Crippen molar-refractivity contribution in [3.63, 3.8) is 0 Å². The smallest absolute Gasteiger partial charge is 0.170 e. The lowest BCUT2D eigenvalue weighted by Crippen LogP contribution is -2.38. The van der Waals surface area contributed by atoms with Gasteiger partial charge >= 0.3 is 0 Å². The number of allylic oxidation sites excluding steroid dienone is 1. The van der Waals surface area contributed by atoms with Crippen LogP contribution in [-0.2, 0) is 9.47 Å². The molecule has 0 spiro atoms. The summed E-state index contributed by atoms with van der Waals surface area (Å²) in [6, 6.07) is 9.92. The normalized spacial score (nSPS) is 17.2. The highest BCUT2D eigenvalue weighted by Crippen LogP contribution is 2.14. The second kappa shape index (κ2) is 11.3. The van der Waals surface area contributed by atoms with Crippen LogP contribution in [0.5, 0.6) is 0 Å². The zero-order valence-corrected chi connectivity index (χ0v) is 17.1. The van der Waals surface area contributed by atoms with Gasteiger partial charge in [0.05, 0.1) is 13.2 Å². The third-order valence-electron chi connectivity index (χ3n) is 4.79. The summed E-state index contributed by atoms with van der Waals surface area (Å²) in [5, 5.41) is 0. The zero-order valence-electron chi connectivity index (χ0n) is 17.1. The Bertz CT molecular complexity index is 872. The molecule has 1 atom stereocenters. The summed E-state index contributed by atoms with van der Waals surface area (Å²) in [5.74, 6) is 7.33. The van der Waals surface area contributed by atoms with Crippen molar-refractivity contribution in [3.8, 4) is 11.8 Å². The van der Waals surface area contributed by atoms with E-state index in [1.54, 1.807) is 0 Å². The van der Waals surface area contributed by atoms with Crippen molar-refractivity contribution in [1.29, 1.82) is 0 Å². The zero-order chi connectivity index (χ0) is 20.3. The fourth-order valence-electron chi connectivity index (χ4n) is 3.14. The molecule has 1 aliphatic carbocycles. The van der Waals surface area contributed by atoms with E-state index in [2.05, 4.69) is 39.7 Å². The van der Waals surface area contributed by atoms with E-state index >= 15 is 0 Å². The second-order valence-electron chi connectivity index (χ2n) is 6.97. The van der Waals surface area contributed by atoms with E-state index in [4.69, 9.17) is 9.47 Å². The Morgan fingerprint density at radius 3 is 2.72 bits per heavy atom. The number of ether oxygens (including phenoxy) is 2. The Morgan fingerprint density at radius 2 is 2.03 bits per heavy atom. The SMILES string of the molecule is C=CCN(C)C(C#Cc1ccccc1)C1=C=C=C(OCCN2CCOCC2)C=C1. The van der Waals surface area contributed by atoms with E-state index in [0.717, 1.165) is 50.5 Å². The van der Waals surface area contributed by atoms with Crippen LogP contribution in [0.4, 0.5) is 0 Å². The third-order valence-corrected chi connectivity index (χ3v) is 4.79. The van der Waals surface area contributed by atoms with E-state index in [1.165, 1.54) is 0 Å². The van der Waals surface area contributed by atoms with Crippen LogP contribution >= 0.6 is 0 Å². The molecule has 1 unspecified atom stereocenters. The first-order valence-electron chi connectivity index (χ1n) is 10.0. The van der Waals surface area contributed by atoms with Gasteiger partial charge in [0, 0.05) is 37.3 Å². The molecule has 150 valence electrons. The predicted molar refractivity (Wildman–Crippen MR) is 116 cm³/mol. The van der Waals surface area contributed by atoms with Crippen molar-refractivity contribution in [2.45, 2.75) is 6.04 Å². The van der Waals surface area contributed by atoms with Gasteiger partial charge in [-0.25, -0.2) is 0 Å². The van der Waals surface area contributed by atoms with Crippen molar-refractivity contribution >= 4 is 0 Å². The van der Waals surface area contributed by atoms with Crippen LogP contribution in [0.15, 0.2) is 77.9 Å². The highest BCUT2D eigenvalue weighted by molar-refractivity contribution is 5.42. The molecular weight excluding hydrogens is 360 g/mol. The van der Waals surface area contributed by atoms with Crippen LogP contribution in [0.1, 0.15) is 5.56 Å². The molecule has 0 aromatic heterocycles. The molecule has 1 aliphatic heterocycles. The minimum Gasteiger partial charge on any atom is -0.484 e. The van der Waals surface area contributed by atoms with Crippen LogP contribution in [0.3, 0.4) is 0 Å². The largest absolute Gasteiger partial charge is 0.484 e. The molecule has 0 bridgehead atoms. The molecule has 0 N–H and O–H groups in total. The van der Waals surface area contributed by atoms with Crippen LogP contribution in [0, 0.1) is 11.8 Å². The van der Waals surface area contributed by atoms with Crippen molar-refractivity contribution in [1.82, 2.24) is 9.80 Å². The van der Waals surface area contributed by atoms with Gasteiger partial charge in [0.15, 0.2) is 5.76 Å². The highest BCUT2D eigenvalue weighted by Gasteiger charge is 2.16. The van der Waals surface area contributed by atoms with E-state index in [-0.39, 0.29) is 6.04 Å². The highest BCUT2D eigenvalue weighted by atomic mass is 16.5. The van der Waals surface area contributed by atoms with Gasteiger partial charge in [-0.2, -0.15) is 0 Å². The number of morpholine rings is 1. The Balaban J connectivity index is 1.68. The first-order valence-corrected chi connectivity index (χ1v) is 10.0. The quantitative estimate of drug-likeness (QED) is 0.388. The average molecular weight is 389 g/mol. The molecule has 2 aliphatic rings. The predicted octanol–water partition coefficient (Wildman–Crippen LogP) is 3.01. The van der Waals surface area contributed by atoms with Crippen LogP contribution in [0.2, 0.25) is 0 Å². The Labute approximate surface area is 174 Å². The molecule has 3 rings (SSSR count). The lowest BCUT2D eigenvalue weighted by Gasteiger charge is -2.26. The van der Waals surface area contributed by atoms with Gasteiger partial charge in [0.25, 0.3) is 0 Å². The van der Waals surface area contributed by atoms with E-state index < -0.39 is 0 Å². The molecule has 1 heterocycles. The van der Waals surface area contributed by atoms with E-state index in [1.807, 2.05) is 55.6 Å². The molecule has 1 aromatic rings. The third kappa shape index (κ3) is 6.66. The minimum absolute atomic E-state index is 0.0909. The Morgan fingerprint density at radius 1 is 1.24 bits per heavy atom. The molecule has 0 radical (unpaired) electrons. The van der Waals surface area contributed by atoms with Gasteiger partial charge in [-0.3, -0.25) is 9.80 Å². The lowest BCUT2D eigenvalue weighted by molar-refractivity contribution is 0.0281. The Hall–Kier alpha value is -2.76. The number of benzene rings is 1. The maximum absolute atomic E-state index is 5.85. The maximum Gasteiger partial charge on any atom is 0.170 e. The average Bonchev–Trinajstić information content (AvgIpc) is 2.77. The van der Waals surface area contributed by atoms with Gasteiger partial charge in [0.2, 0.25) is 0 Å². The van der Waals surface area contributed by atoms with Gasteiger partial charge in [-0.05, 0) is 37.1 Å². The first-order chi connectivity index (χ1) is 14.3. The van der Waals surface area contributed by atoms with Crippen LogP contribution in [0.25, 0.3) is 0 Å². The van der Waals surface area contributed by atoms with E-state index in [9.17, 15) is 0 Å². The van der Waals surface area contributed by atoms with Crippen molar-refractivity contribution in [2.75, 3.05) is 53.0 Å². The molecule has 0 amide bonds. The topological polar surface area (TPSA) is 24.9 Å². The van der Waals surface area contributed by atoms with Crippen LogP contribution < -0.4 is 0 Å². The molecule has 4 heteroatoms. The summed E-state index contributed by atoms with van der Waals surface area (Å²) in [6.07, 6.45) is 5.85. The lowest BCUT2D eigenvalue weighted by atomic mass is 10.0. The number of hydrogen-bond acceptors (Lipinski definition) is 4. The second-order valence-corrected chi connectivity index (χ2v) is 6.97. The summed E-state index contributed by atoms with van der Waals surface area (Å²) in [5.41, 5.74) is 8.35. The molecule has 1 aromatic carbocycles. The van der Waals surface area contributed by atoms with Gasteiger partial charge in [0.1, 0.15) is 12.6 Å². The molecule has 4 nitrogen and oxygen atoms in total. The van der Waals surface area contributed by atoms with E-state index in [0.29, 0.717) is 12.4 Å². The number of nitrogens with zero attached hydrogens (tertiary/aromatic N) is 2. The Kier molecular flexibility index (Phi) is 8.16. The monoisotopic (exact) mass is 388 g/mol. The van der Waals surface area contributed by atoms with Gasteiger partial charge in [-0.1, -0.05) is 41.8 Å². The van der Waals surface area contributed by atoms with Crippen molar-refractivity contribution in [2.24, 2.45) is 0 Å². The van der Waals surface area contributed by atoms with Crippen LogP contribution in [-0.4, -0.2) is 68.9 Å². The fourth-order valence-corrected chi connectivity index (χ4v) is 3.14. The molecule has 1 saturated heterocycles.